The number of rotatable bonds is 8. The molecule has 5 nitrogen and oxygen atoms in total. The lowest BCUT2D eigenvalue weighted by Crippen LogP contribution is -2.38. The fraction of sp³-hybridized carbons (Fsp3) is 0.444. The van der Waals surface area contributed by atoms with Gasteiger partial charge in [-0.1, -0.05) is 19.0 Å². The standard InChI is InChI=1S/C18H25FN4OS/c1-4-20-18(22-12-15-11-17(13(2)3)23-24-15)21-9-10-25-16-7-5-14(19)6-8-16/h5-8,11,13H,4,9-10,12H2,1-3H3,(H2,20,21,22). The Labute approximate surface area is 152 Å². The first-order valence-corrected chi connectivity index (χ1v) is 9.43. The number of nitrogens with one attached hydrogen (secondary N) is 2. The highest BCUT2D eigenvalue weighted by atomic mass is 32.2. The summed E-state index contributed by atoms with van der Waals surface area (Å²) in [6.45, 7) is 8.16. The molecule has 0 unspecified atom stereocenters. The number of guanidine groups is 1. The Hall–Kier alpha value is -2.02. The van der Waals surface area contributed by atoms with E-state index in [4.69, 9.17) is 4.52 Å². The molecule has 0 saturated carbocycles. The van der Waals surface area contributed by atoms with Crippen LogP contribution in [0.15, 0.2) is 44.7 Å². The molecule has 0 atom stereocenters. The molecule has 1 aromatic carbocycles. The minimum Gasteiger partial charge on any atom is -0.359 e. The number of hydrogen-bond donors (Lipinski definition) is 2. The predicted molar refractivity (Wildman–Crippen MR) is 101 cm³/mol. The van der Waals surface area contributed by atoms with Gasteiger partial charge in [0, 0.05) is 29.8 Å². The van der Waals surface area contributed by atoms with E-state index in [9.17, 15) is 4.39 Å². The fourth-order valence-corrected chi connectivity index (χ4v) is 2.81. The van der Waals surface area contributed by atoms with Gasteiger partial charge in [-0.15, -0.1) is 11.8 Å². The Balaban J connectivity index is 1.79. The molecule has 0 aliphatic rings. The molecule has 7 heteroatoms. The van der Waals surface area contributed by atoms with Crippen molar-refractivity contribution in [1.29, 1.82) is 0 Å². The molecule has 0 saturated heterocycles. The number of benzene rings is 1. The van der Waals surface area contributed by atoms with E-state index in [0.717, 1.165) is 41.2 Å². The predicted octanol–water partition coefficient (Wildman–Crippen LogP) is 3.78. The lowest BCUT2D eigenvalue weighted by atomic mass is 10.1. The van der Waals surface area contributed by atoms with E-state index in [2.05, 4.69) is 34.6 Å². The van der Waals surface area contributed by atoms with Crippen molar-refractivity contribution in [3.8, 4) is 0 Å². The second kappa shape index (κ2) is 10.1. The largest absolute Gasteiger partial charge is 0.359 e. The SMILES string of the molecule is CCNC(=NCc1cc(C(C)C)no1)NCCSc1ccc(F)cc1. The average Bonchev–Trinajstić information content (AvgIpc) is 3.07. The highest BCUT2D eigenvalue weighted by Crippen LogP contribution is 2.17. The maximum absolute atomic E-state index is 12.9. The highest BCUT2D eigenvalue weighted by Gasteiger charge is 2.07. The van der Waals surface area contributed by atoms with E-state index in [1.165, 1.54) is 12.1 Å². The third-order valence-electron chi connectivity index (χ3n) is 3.38. The summed E-state index contributed by atoms with van der Waals surface area (Å²) >= 11 is 1.67. The van der Waals surface area contributed by atoms with Gasteiger partial charge in [0.15, 0.2) is 11.7 Å². The number of aliphatic imine (C=N–C) groups is 1. The molecule has 0 aliphatic heterocycles. The van der Waals surface area contributed by atoms with Crippen LogP contribution in [0.4, 0.5) is 4.39 Å². The van der Waals surface area contributed by atoms with Crippen molar-refractivity contribution in [2.24, 2.45) is 4.99 Å². The van der Waals surface area contributed by atoms with Gasteiger partial charge >= 0.3 is 0 Å². The molecule has 2 N–H and O–H groups in total. The Morgan fingerprint density at radius 3 is 2.68 bits per heavy atom. The van der Waals surface area contributed by atoms with Crippen LogP contribution in [-0.4, -0.2) is 30.0 Å². The van der Waals surface area contributed by atoms with Crippen molar-refractivity contribution in [2.45, 2.75) is 38.1 Å². The summed E-state index contributed by atoms with van der Waals surface area (Å²) in [5, 5.41) is 10.5. The van der Waals surface area contributed by atoms with Crippen LogP contribution >= 0.6 is 11.8 Å². The summed E-state index contributed by atoms with van der Waals surface area (Å²) in [5.41, 5.74) is 0.943. The van der Waals surface area contributed by atoms with Crippen LogP contribution in [0.25, 0.3) is 0 Å². The van der Waals surface area contributed by atoms with Gasteiger partial charge in [0.1, 0.15) is 12.4 Å². The second-order valence-electron chi connectivity index (χ2n) is 5.80. The van der Waals surface area contributed by atoms with Crippen LogP contribution in [0.1, 0.15) is 38.1 Å². The van der Waals surface area contributed by atoms with Crippen LogP contribution in [0.5, 0.6) is 0 Å². The van der Waals surface area contributed by atoms with E-state index in [-0.39, 0.29) is 5.82 Å². The van der Waals surface area contributed by atoms with Gasteiger partial charge in [-0.05, 0) is 37.1 Å². The Morgan fingerprint density at radius 1 is 1.28 bits per heavy atom. The molecular weight excluding hydrogens is 339 g/mol. The lowest BCUT2D eigenvalue weighted by molar-refractivity contribution is 0.376. The Bertz CT molecular complexity index is 670. The molecule has 1 aromatic heterocycles. The van der Waals surface area contributed by atoms with Crippen molar-refractivity contribution in [2.75, 3.05) is 18.8 Å². The Kier molecular flexibility index (Phi) is 7.78. The zero-order chi connectivity index (χ0) is 18.1. The number of thioether (sulfide) groups is 1. The van der Waals surface area contributed by atoms with Gasteiger partial charge in [0.05, 0.1) is 5.69 Å². The van der Waals surface area contributed by atoms with Gasteiger partial charge in [-0.2, -0.15) is 0 Å². The van der Waals surface area contributed by atoms with E-state index in [1.54, 1.807) is 23.9 Å². The zero-order valence-electron chi connectivity index (χ0n) is 14.9. The quantitative estimate of drug-likeness (QED) is 0.323. The van der Waals surface area contributed by atoms with Crippen LogP contribution < -0.4 is 10.6 Å². The van der Waals surface area contributed by atoms with E-state index < -0.39 is 0 Å². The molecule has 25 heavy (non-hydrogen) atoms. The number of nitrogens with zero attached hydrogens (tertiary/aromatic N) is 2. The average molecular weight is 364 g/mol. The van der Waals surface area contributed by atoms with Gasteiger partial charge in [0.2, 0.25) is 0 Å². The maximum Gasteiger partial charge on any atom is 0.191 e. The molecule has 0 amide bonds. The van der Waals surface area contributed by atoms with Gasteiger partial charge in [-0.25, -0.2) is 9.38 Å². The zero-order valence-corrected chi connectivity index (χ0v) is 15.7. The van der Waals surface area contributed by atoms with Gasteiger partial charge in [-0.3, -0.25) is 0 Å². The van der Waals surface area contributed by atoms with Gasteiger partial charge in [0.25, 0.3) is 0 Å². The third kappa shape index (κ3) is 6.78. The first-order chi connectivity index (χ1) is 12.1. The van der Waals surface area contributed by atoms with Crippen molar-refractivity contribution < 1.29 is 8.91 Å². The molecular formula is C18H25FN4OS. The summed E-state index contributed by atoms with van der Waals surface area (Å²) in [5.74, 6) is 2.48. The smallest absolute Gasteiger partial charge is 0.191 e. The molecule has 2 aromatic rings. The second-order valence-corrected chi connectivity index (χ2v) is 6.97. The van der Waals surface area contributed by atoms with E-state index >= 15 is 0 Å². The molecule has 2 rings (SSSR count). The molecule has 0 spiro atoms. The first-order valence-electron chi connectivity index (χ1n) is 8.44. The van der Waals surface area contributed by atoms with Crippen molar-refractivity contribution in [3.63, 3.8) is 0 Å². The van der Waals surface area contributed by atoms with Crippen LogP contribution in [0, 0.1) is 5.82 Å². The molecule has 0 aliphatic carbocycles. The van der Waals surface area contributed by atoms with E-state index in [0.29, 0.717) is 12.5 Å². The van der Waals surface area contributed by atoms with Gasteiger partial charge < -0.3 is 15.2 Å². The minimum atomic E-state index is -0.211. The fourth-order valence-electron chi connectivity index (χ4n) is 2.04. The van der Waals surface area contributed by atoms with Crippen molar-refractivity contribution in [3.05, 3.63) is 47.6 Å². The molecule has 1 heterocycles. The number of hydrogen-bond acceptors (Lipinski definition) is 4. The molecule has 0 fully saturated rings. The summed E-state index contributed by atoms with van der Waals surface area (Å²) in [4.78, 5) is 5.56. The van der Waals surface area contributed by atoms with Crippen LogP contribution in [-0.2, 0) is 6.54 Å². The lowest BCUT2D eigenvalue weighted by Gasteiger charge is -2.10. The topological polar surface area (TPSA) is 62.5 Å². The summed E-state index contributed by atoms with van der Waals surface area (Å²) in [6, 6.07) is 8.47. The van der Waals surface area contributed by atoms with Crippen LogP contribution in [0.2, 0.25) is 0 Å². The van der Waals surface area contributed by atoms with Crippen molar-refractivity contribution in [1.82, 2.24) is 15.8 Å². The molecule has 0 radical (unpaired) electrons. The maximum atomic E-state index is 12.9. The van der Waals surface area contributed by atoms with Crippen molar-refractivity contribution >= 4 is 17.7 Å². The number of aromatic nitrogens is 1. The molecule has 0 bridgehead atoms. The monoisotopic (exact) mass is 364 g/mol. The van der Waals surface area contributed by atoms with E-state index in [1.807, 2.05) is 13.0 Å². The highest BCUT2D eigenvalue weighted by molar-refractivity contribution is 7.99. The minimum absolute atomic E-state index is 0.211. The Morgan fingerprint density at radius 2 is 2.04 bits per heavy atom. The molecule has 136 valence electrons. The van der Waals surface area contributed by atoms with Crippen LogP contribution in [0.3, 0.4) is 0 Å². The first kappa shape index (κ1) is 19.3. The third-order valence-corrected chi connectivity index (χ3v) is 4.40. The number of halogens is 1. The normalized spacial score (nSPS) is 11.8. The summed E-state index contributed by atoms with van der Waals surface area (Å²) in [6.07, 6.45) is 0. The summed E-state index contributed by atoms with van der Waals surface area (Å²) < 4.78 is 18.2. The summed E-state index contributed by atoms with van der Waals surface area (Å²) in [7, 11) is 0.